The van der Waals surface area contributed by atoms with E-state index in [1.165, 1.54) is 6.26 Å². The summed E-state index contributed by atoms with van der Waals surface area (Å²) in [7, 11) is -4.51. The Morgan fingerprint density at radius 3 is 2.50 bits per heavy atom. The maximum atomic E-state index is 11.2. The molecule has 3 N–H and O–H groups in total. The van der Waals surface area contributed by atoms with Gasteiger partial charge < -0.3 is 5.73 Å². The van der Waals surface area contributed by atoms with Gasteiger partial charge in [0.1, 0.15) is 5.75 Å². The number of sulfonamides is 1. The first-order chi connectivity index (χ1) is 6.24. The van der Waals surface area contributed by atoms with Crippen LogP contribution in [0.25, 0.3) is 0 Å². The summed E-state index contributed by atoms with van der Waals surface area (Å²) in [6.45, 7) is 1.83. The summed E-state index contributed by atoms with van der Waals surface area (Å²) >= 11 is 4.47. The second-order valence-electron chi connectivity index (χ2n) is 2.88. The third-order valence-electron chi connectivity index (χ3n) is 1.49. The van der Waals surface area contributed by atoms with Crippen LogP contribution < -0.4 is 10.5 Å². The zero-order valence-corrected chi connectivity index (χ0v) is 10.5. The number of rotatable bonds is 6. The first kappa shape index (κ1) is 13.9. The smallest absolute Gasteiger partial charge is 0.218 e. The van der Waals surface area contributed by atoms with Crippen molar-refractivity contribution in [2.45, 2.75) is 12.2 Å². The van der Waals surface area contributed by atoms with Crippen LogP contribution in [0.1, 0.15) is 6.92 Å². The molecule has 0 spiro atoms. The van der Waals surface area contributed by atoms with Crippen LogP contribution in [0, 0.1) is 0 Å². The molecule has 0 aliphatic carbocycles. The van der Waals surface area contributed by atoms with E-state index in [-0.39, 0.29) is 22.5 Å². The van der Waals surface area contributed by atoms with Crippen molar-refractivity contribution in [3.8, 4) is 0 Å². The largest absolute Gasteiger partial charge is 0.392 e. The lowest BCUT2D eigenvalue weighted by Gasteiger charge is -2.09. The van der Waals surface area contributed by atoms with E-state index >= 15 is 0 Å². The Kier molecular flexibility index (Phi) is 5.72. The second kappa shape index (κ2) is 5.74. The van der Waals surface area contributed by atoms with Crippen LogP contribution >= 0.6 is 12.2 Å². The molecule has 2 atom stereocenters. The number of thiocarbonyl (C=S) groups is 1. The molecule has 0 aromatic carbocycles. The van der Waals surface area contributed by atoms with Gasteiger partial charge in [0, 0.05) is 28.9 Å². The van der Waals surface area contributed by atoms with E-state index in [4.69, 9.17) is 5.73 Å². The molecule has 2 unspecified atom stereocenters. The zero-order valence-electron chi connectivity index (χ0n) is 8.02. The SMILES string of the molecule is CC(CNS(=O)(=O)CC(N)=S)S(C)=O. The van der Waals surface area contributed by atoms with Crippen molar-refractivity contribution in [3.05, 3.63) is 0 Å². The third-order valence-corrected chi connectivity index (χ3v) is 4.41. The molecule has 0 aliphatic heterocycles. The summed E-state index contributed by atoms with van der Waals surface area (Å²) in [6, 6.07) is 0. The minimum absolute atomic E-state index is 0.0808. The molecule has 0 saturated heterocycles. The van der Waals surface area contributed by atoms with Gasteiger partial charge in [0.25, 0.3) is 0 Å². The third kappa shape index (κ3) is 6.41. The Hall–Kier alpha value is -0.0500. The van der Waals surface area contributed by atoms with Crippen molar-refractivity contribution in [1.82, 2.24) is 4.72 Å². The summed E-state index contributed by atoms with van der Waals surface area (Å²) in [5.41, 5.74) is 5.10. The van der Waals surface area contributed by atoms with Crippen LogP contribution in [0.15, 0.2) is 0 Å². The van der Waals surface area contributed by atoms with Gasteiger partial charge in [-0.1, -0.05) is 12.2 Å². The highest BCUT2D eigenvalue weighted by atomic mass is 32.2. The monoisotopic (exact) mass is 258 g/mol. The minimum atomic E-state index is -3.46. The lowest BCUT2D eigenvalue weighted by Crippen LogP contribution is -2.37. The fraction of sp³-hybridized carbons (Fsp3) is 0.833. The zero-order chi connectivity index (χ0) is 11.4. The van der Waals surface area contributed by atoms with E-state index in [0.717, 1.165) is 0 Å². The maximum Gasteiger partial charge on any atom is 0.218 e. The number of hydrogen-bond donors (Lipinski definition) is 2. The maximum absolute atomic E-state index is 11.2. The molecule has 0 bridgehead atoms. The van der Waals surface area contributed by atoms with E-state index in [2.05, 4.69) is 16.9 Å². The van der Waals surface area contributed by atoms with Crippen molar-refractivity contribution >= 4 is 38.0 Å². The van der Waals surface area contributed by atoms with Crippen LogP contribution in [0.5, 0.6) is 0 Å². The van der Waals surface area contributed by atoms with Gasteiger partial charge in [0.05, 0.1) is 4.99 Å². The van der Waals surface area contributed by atoms with Gasteiger partial charge in [0.2, 0.25) is 10.0 Å². The summed E-state index contributed by atoms with van der Waals surface area (Å²) in [5, 5.41) is -0.226. The summed E-state index contributed by atoms with van der Waals surface area (Å²) in [6.07, 6.45) is 1.52. The van der Waals surface area contributed by atoms with Crippen LogP contribution in [-0.2, 0) is 20.8 Å². The van der Waals surface area contributed by atoms with Crippen molar-refractivity contribution in [3.63, 3.8) is 0 Å². The average Bonchev–Trinajstić information content (AvgIpc) is 1.97. The molecule has 8 heteroatoms. The first-order valence-corrected chi connectivity index (χ1v) is 7.50. The molecule has 5 nitrogen and oxygen atoms in total. The molecule has 0 radical (unpaired) electrons. The van der Waals surface area contributed by atoms with E-state index in [1.807, 2.05) is 0 Å². The molecule has 0 rings (SSSR count). The van der Waals surface area contributed by atoms with Gasteiger partial charge in [-0.25, -0.2) is 13.1 Å². The van der Waals surface area contributed by atoms with Crippen molar-refractivity contribution in [1.29, 1.82) is 0 Å². The van der Waals surface area contributed by atoms with Crippen LogP contribution in [0.2, 0.25) is 0 Å². The molecular weight excluding hydrogens is 244 g/mol. The average molecular weight is 258 g/mol. The quantitative estimate of drug-likeness (QED) is 0.594. The lowest BCUT2D eigenvalue weighted by molar-refractivity contribution is 0.584. The number of nitrogens with two attached hydrogens (primary N) is 1. The van der Waals surface area contributed by atoms with E-state index in [1.54, 1.807) is 6.92 Å². The predicted molar refractivity (Wildman–Crippen MR) is 62.1 cm³/mol. The molecule has 0 amide bonds. The standard InChI is InChI=1S/C6H14N2O3S3/c1-5(13(2)9)3-8-14(10,11)4-6(7)12/h5,8H,3-4H2,1-2H3,(H2,7,12). The highest BCUT2D eigenvalue weighted by Crippen LogP contribution is 1.92. The Labute approximate surface area is 91.9 Å². The Bertz CT molecular complexity index is 325. The summed E-state index contributed by atoms with van der Waals surface area (Å²) in [4.78, 5) is -0.0808. The topological polar surface area (TPSA) is 89.3 Å². The normalized spacial score (nSPS) is 16.1. The fourth-order valence-electron chi connectivity index (χ4n) is 0.600. The Morgan fingerprint density at radius 1 is 1.64 bits per heavy atom. The molecule has 0 aliphatic rings. The van der Waals surface area contributed by atoms with Crippen LogP contribution in [-0.4, -0.2) is 41.4 Å². The second-order valence-corrected chi connectivity index (χ2v) is 7.02. The highest BCUT2D eigenvalue weighted by Gasteiger charge is 2.14. The van der Waals surface area contributed by atoms with Crippen LogP contribution in [0.4, 0.5) is 0 Å². The Balaban J connectivity index is 4.13. The van der Waals surface area contributed by atoms with Crippen molar-refractivity contribution in [2.75, 3.05) is 18.6 Å². The van der Waals surface area contributed by atoms with Gasteiger partial charge >= 0.3 is 0 Å². The predicted octanol–water partition coefficient (Wildman–Crippen LogP) is -1.04. The van der Waals surface area contributed by atoms with E-state index in [0.29, 0.717) is 0 Å². The van der Waals surface area contributed by atoms with Gasteiger partial charge in [-0.2, -0.15) is 0 Å². The number of hydrogen-bond acceptors (Lipinski definition) is 4. The molecule has 14 heavy (non-hydrogen) atoms. The lowest BCUT2D eigenvalue weighted by atomic mass is 10.5. The molecule has 0 saturated carbocycles. The molecular formula is C6H14N2O3S3. The van der Waals surface area contributed by atoms with Gasteiger partial charge in [-0.15, -0.1) is 0 Å². The molecule has 0 aromatic heterocycles. The van der Waals surface area contributed by atoms with E-state index in [9.17, 15) is 12.6 Å². The summed E-state index contributed by atoms with van der Waals surface area (Å²) in [5.74, 6) is -0.370. The molecule has 84 valence electrons. The summed E-state index contributed by atoms with van der Waals surface area (Å²) < 4.78 is 35.6. The van der Waals surface area contributed by atoms with Crippen LogP contribution in [0.3, 0.4) is 0 Å². The van der Waals surface area contributed by atoms with Gasteiger partial charge in [0.15, 0.2) is 0 Å². The molecule has 0 fully saturated rings. The Morgan fingerprint density at radius 2 is 2.14 bits per heavy atom. The van der Waals surface area contributed by atoms with Crippen molar-refractivity contribution < 1.29 is 12.6 Å². The fourth-order valence-corrected chi connectivity index (χ4v) is 2.47. The van der Waals surface area contributed by atoms with E-state index < -0.39 is 20.8 Å². The van der Waals surface area contributed by atoms with Crippen molar-refractivity contribution in [2.24, 2.45) is 5.73 Å². The van der Waals surface area contributed by atoms with Gasteiger partial charge in [-0.3, -0.25) is 4.21 Å². The first-order valence-electron chi connectivity index (χ1n) is 3.82. The molecule has 0 heterocycles. The van der Waals surface area contributed by atoms with Gasteiger partial charge in [-0.05, 0) is 6.92 Å². The molecule has 0 aromatic rings. The number of nitrogens with one attached hydrogen (secondary N) is 1. The highest BCUT2D eigenvalue weighted by molar-refractivity contribution is 7.92. The minimum Gasteiger partial charge on any atom is -0.392 e.